The molecule has 0 aromatic rings. The van der Waals surface area contributed by atoms with Crippen LogP contribution >= 0.6 is 0 Å². The van der Waals surface area contributed by atoms with E-state index in [9.17, 15) is 14.9 Å². The Bertz CT molecular complexity index is 347. The first-order chi connectivity index (χ1) is 7.54. The second-order valence-corrected chi connectivity index (χ2v) is 3.33. The first-order valence-electron chi connectivity index (χ1n) is 4.92. The monoisotopic (exact) mass is 227 g/mol. The normalized spacial score (nSPS) is 23.5. The standard InChI is InChI=1S/C10H13NO5/c1-3-15-10(12)16-9-5-4-8(11(13)14)6-7(9)2/h4-7,9H,3H2,1-2H3. The number of ether oxygens (including phenoxy) is 2. The van der Waals surface area contributed by atoms with Crippen LogP contribution in [-0.4, -0.2) is 23.8 Å². The van der Waals surface area contributed by atoms with Crippen LogP contribution in [0.4, 0.5) is 4.79 Å². The molecule has 2 atom stereocenters. The molecule has 88 valence electrons. The molecule has 1 rings (SSSR count). The van der Waals surface area contributed by atoms with Gasteiger partial charge in [0.15, 0.2) is 0 Å². The highest BCUT2D eigenvalue weighted by Crippen LogP contribution is 2.20. The minimum Gasteiger partial charge on any atom is -0.435 e. The van der Waals surface area contributed by atoms with Gasteiger partial charge in [-0.15, -0.1) is 0 Å². The molecular formula is C10H13NO5. The quantitative estimate of drug-likeness (QED) is 0.418. The Hall–Kier alpha value is -1.85. The van der Waals surface area contributed by atoms with Gasteiger partial charge in [0.1, 0.15) is 6.10 Å². The fraction of sp³-hybridized carbons (Fsp3) is 0.500. The fourth-order valence-corrected chi connectivity index (χ4v) is 1.32. The predicted molar refractivity (Wildman–Crippen MR) is 55.3 cm³/mol. The minimum atomic E-state index is -0.762. The van der Waals surface area contributed by atoms with Gasteiger partial charge in [-0.2, -0.15) is 0 Å². The average Bonchev–Trinajstić information content (AvgIpc) is 2.21. The molecule has 2 unspecified atom stereocenters. The van der Waals surface area contributed by atoms with E-state index in [-0.39, 0.29) is 18.2 Å². The third kappa shape index (κ3) is 3.08. The topological polar surface area (TPSA) is 78.7 Å². The van der Waals surface area contributed by atoms with Gasteiger partial charge in [-0.1, -0.05) is 6.92 Å². The van der Waals surface area contributed by atoms with Crippen molar-refractivity contribution in [2.24, 2.45) is 5.92 Å². The van der Waals surface area contributed by atoms with E-state index in [2.05, 4.69) is 4.74 Å². The molecule has 0 aliphatic heterocycles. The number of hydrogen-bond donors (Lipinski definition) is 0. The Morgan fingerprint density at radius 1 is 1.62 bits per heavy atom. The summed E-state index contributed by atoms with van der Waals surface area (Å²) in [4.78, 5) is 21.0. The van der Waals surface area contributed by atoms with Crippen molar-refractivity contribution in [1.82, 2.24) is 0 Å². The molecular weight excluding hydrogens is 214 g/mol. The van der Waals surface area contributed by atoms with E-state index in [0.29, 0.717) is 0 Å². The average molecular weight is 227 g/mol. The van der Waals surface area contributed by atoms with E-state index in [1.54, 1.807) is 13.8 Å². The van der Waals surface area contributed by atoms with Gasteiger partial charge in [-0.3, -0.25) is 10.1 Å². The Morgan fingerprint density at radius 3 is 2.81 bits per heavy atom. The summed E-state index contributed by atoms with van der Waals surface area (Å²) in [5.74, 6) is -0.241. The molecule has 0 spiro atoms. The second-order valence-electron chi connectivity index (χ2n) is 3.33. The number of hydrogen-bond acceptors (Lipinski definition) is 5. The molecule has 0 bridgehead atoms. The van der Waals surface area contributed by atoms with Crippen LogP contribution in [0.5, 0.6) is 0 Å². The van der Waals surface area contributed by atoms with Crippen LogP contribution in [-0.2, 0) is 9.47 Å². The summed E-state index contributed by atoms with van der Waals surface area (Å²) in [5, 5.41) is 10.5. The zero-order valence-electron chi connectivity index (χ0n) is 9.08. The molecule has 16 heavy (non-hydrogen) atoms. The van der Waals surface area contributed by atoms with Gasteiger partial charge < -0.3 is 9.47 Å². The van der Waals surface area contributed by atoms with Crippen LogP contribution in [0.1, 0.15) is 13.8 Å². The molecule has 0 fully saturated rings. The van der Waals surface area contributed by atoms with Crippen molar-refractivity contribution >= 4 is 6.16 Å². The third-order valence-corrected chi connectivity index (χ3v) is 2.11. The molecule has 6 nitrogen and oxygen atoms in total. The van der Waals surface area contributed by atoms with Gasteiger partial charge >= 0.3 is 6.16 Å². The second kappa shape index (κ2) is 5.29. The summed E-state index contributed by atoms with van der Waals surface area (Å²) in [7, 11) is 0. The molecule has 0 aromatic heterocycles. The lowest BCUT2D eigenvalue weighted by atomic mass is 9.98. The van der Waals surface area contributed by atoms with Gasteiger partial charge in [0.25, 0.3) is 5.70 Å². The minimum absolute atomic E-state index is 0.0104. The fourth-order valence-electron chi connectivity index (χ4n) is 1.32. The molecule has 0 heterocycles. The van der Waals surface area contributed by atoms with Gasteiger partial charge in [-0.25, -0.2) is 4.79 Å². The summed E-state index contributed by atoms with van der Waals surface area (Å²) in [6, 6.07) is 0. The Labute approximate surface area is 92.7 Å². The van der Waals surface area contributed by atoms with Crippen molar-refractivity contribution in [3.8, 4) is 0 Å². The highest BCUT2D eigenvalue weighted by Gasteiger charge is 2.25. The molecule has 1 aliphatic rings. The van der Waals surface area contributed by atoms with Crippen LogP contribution < -0.4 is 0 Å². The van der Waals surface area contributed by atoms with Gasteiger partial charge in [0, 0.05) is 18.1 Å². The molecule has 0 N–H and O–H groups in total. The zero-order valence-corrected chi connectivity index (χ0v) is 9.08. The van der Waals surface area contributed by atoms with Crippen LogP contribution in [0.2, 0.25) is 0 Å². The number of carbonyl (C=O) groups is 1. The van der Waals surface area contributed by atoms with Crippen molar-refractivity contribution in [2.45, 2.75) is 20.0 Å². The summed E-state index contributed by atoms with van der Waals surface area (Å²) < 4.78 is 9.57. The Morgan fingerprint density at radius 2 is 2.31 bits per heavy atom. The SMILES string of the molecule is CCOC(=O)OC1C=CC([N+](=O)[O-])=CC1C. The maximum atomic E-state index is 11.0. The highest BCUT2D eigenvalue weighted by atomic mass is 16.7. The van der Waals surface area contributed by atoms with Crippen LogP contribution in [0.25, 0.3) is 0 Å². The number of rotatable bonds is 3. The molecule has 1 aliphatic carbocycles. The third-order valence-electron chi connectivity index (χ3n) is 2.11. The maximum Gasteiger partial charge on any atom is 0.508 e. The first-order valence-corrected chi connectivity index (χ1v) is 4.92. The smallest absolute Gasteiger partial charge is 0.435 e. The number of nitro groups is 1. The summed E-state index contributed by atoms with van der Waals surface area (Å²) >= 11 is 0. The Balaban J connectivity index is 2.59. The van der Waals surface area contributed by atoms with Crippen molar-refractivity contribution < 1.29 is 19.2 Å². The molecule has 6 heteroatoms. The van der Waals surface area contributed by atoms with Crippen molar-refractivity contribution in [2.75, 3.05) is 6.61 Å². The molecule has 0 radical (unpaired) electrons. The zero-order chi connectivity index (χ0) is 12.1. The van der Waals surface area contributed by atoms with E-state index >= 15 is 0 Å². The van der Waals surface area contributed by atoms with E-state index < -0.39 is 17.2 Å². The lowest BCUT2D eigenvalue weighted by Gasteiger charge is -2.20. The molecule has 0 saturated carbocycles. The van der Waals surface area contributed by atoms with Crippen molar-refractivity contribution in [3.05, 3.63) is 34.0 Å². The lowest BCUT2D eigenvalue weighted by Crippen LogP contribution is -2.25. The lowest BCUT2D eigenvalue weighted by molar-refractivity contribution is -0.419. The van der Waals surface area contributed by atoms with E-state index in [0.717, 1.165) is 0 Å². The first kappa shape index (κ1) is 12.2. The molecule has 0 aromatic carbocycles. The highest BCUT2D eigenvalue weighted by molar-refractivity contribution is 5.60. The van der Waals surface area contributed by atoms with Crippen LogP contribution in [0, 0.1) is 16.0 Å². The van der Waals surface area contributed by atoms with Crippen molar-refractivity contribution in [1.29, 1.82) is 0 Å². The number of allylic oxidation sites excluding steroid dienone is 1. The maximum absolute atomic E-state index is 11.0. The Kier molecular flexibility index (Phi) is 4.04. The molecule has 0 saturated heterocycles. The number of carbonyl (C=O) groups excluding carboxylic acids is 1. The van der Waals surface area contributed by atoms with Crippen LogP contribution in [0.15, 0.2) is 23.9 Å². The summed E-state index contributed by atoms with van der Waals surface area (Å²) in [5.41, 5.74) is 0.0104. The van der Waals surface area contributed by atoms with Gasteiger partial charge in [0.2, 0.25) is 0 Å². The predicted octanol–water partition coefficient (Wildman–Crippen LogP) is 1.89. The summed E-state index contributed by atoms with van der Waals surface area (Å²) in [6.45, 7) is 3.64. The van der Waals surface area contributed by atoms with Gasteiger partial charge in [0.05, 0.1) is 11.5 Å². The van der Waals surface area contributed by atoms with Crippen molar-refractivity contribution in [3.63, 3.8) is 0 Å². The molecule has 0 amide bonds. The van der Waals surface area contributed by atoms with E-state index in [4.69, 9.17) is 4.74 Å². The largest absolute Gasteiger partial charge is 0.508 e. The van der Waals surface area contributed by atoms with E-state index in [1.165, 1.54) is 18.2 Å². The van der Waals surface area contributed by atoms with Crippen LogP contribution in [0.3, 0.4) is 0 Å². The van der Waals surface area contributed by atoms with Gasteiger partial charge in [-0.05, 0) is 13.0 Å². The number of nitrogens with zero attached hydrogens (tertiary/aromatic N) is 1. The van der Waals surface area contributed by atoms with E-state index in [1.807, 2.05) is 0 Å². The summed E-state index contributed by atoms with van der Waals surface area (Å²) in [6.07, 6.45) is 2.98.